The van der Waals surface area contributed by atoms with Gasteiger partial charge in [0, 0.05) is 18.5 Å². The number of rotatable bonds is 9. The minimum Gasteiger partial charge on any atom is -0.317 e. The van der Waals surface area contributed by atoms with E-state index in [1.807, 2.05) is 24.4 Å². The summed E-state index contributed by atoms with van der Waals surface area (Å²) in [6, 6.07) is 3.90. The van der Waals surface area contributed by atoms with Crippen molar-refractivity contribution in [3.63, 3.8) is 0 Å². The third kappa shape index (κ3) is 5.48. The zero-order valence-electron chi connectivity index (χ0n) is 11.1. The van der Waals surface area contributed by atoms with Gasteiger partial charge < -0.3 is 5.32 Å². The molecule has 0 aliphatic rings. The molecule has 1 rings (SSSR count). The van der Waals surface area contributed by atoms with Gasteiger partial charge in [0.05, 0.1) is 5.75 Å². The van der Waals surface area contributed by atoms with E-state index in [1.54, 1.807) is 18.4 Å². The van der Waals surface area contributed by atoms with Gasteiger partial charge in [-0.1, -0.05) is 13.0 Å². The molecule has 0 amide bonds. The normalized spacial score (nSPS) is 12.2. The second-order valence-corrected chi connectivity index (χ2v) is 7.44. The number of nitrogens with zero attached hydrogens (tertiary/aromatic N) is 1. The second-order valence-electron chi connectivity index (χ2n) is 4.21. The number of unbranched alkanes of at least 4 members (excludes halogenated alkanes) is 1. The summed E-state index contributed by atoms with van der Waals surface area (Å²) >= 11 is 1.59. The van der Waals surface area contributed by atoms with Crippen molar-refractivity contribution in [1.29, 1.82) is 0 Å². The second kappa shape index (κ2) is 7.89. The Morgan fingerprint density at radius 1 is 1.39 bits per heavy atom. The van der Waals surface area contributed by atoms with Crippen LogP contribution in [0.1, 0.15) is 24.6 Å². The highest BCUT2D eigenvalue weighted by atomic mass is 32.2. The summed E-state index contributed by atoms with van der Waals surface area (Å²) < 4.78 is 25.4. The van der Waals surface area contributed by atoms with Crippen molar-refractivity contribution in [3.05, 3.63) is 22.4 Å². The fourth-order valence-corrected chi connectivity index (χ4v) is 3.64. The van der Waals surface area contributed by atoms with Gasteiger partial charge in [0.15, 0.2) is 0 Å². The topological polar surface area (TPSA) is 49.4 Å². The molecule has 1 aromatic heterocycles. The van der Waals surface area contributed by atoms with Crippen LogP contribution in [-0.2, 0) is 16.6 Å². The Morgan fingerprint density at radius 3 is 2.78 bits per heavy atom. The Kier molecular flexibility index (Phi) is 6.85. The Hall–Kier alpha value is -0.430. The van der Waals surface area contributed by atoms with Crippen molar-refractivity contribution in [2.75, 3.05) is 25.9 Å². The van der Waals surface area contributed by atoms with E-state index in [0.29, 0.717) is 13.0 Å². The van der Waals surface area contributed by atoms with Crippen molar-refractivity contribution in [3.8, 4) is 0 Å². The predicted molar refractivity (Wildman–Crippen MR) is 77.4 cm³/mol. The first-order valence-electron chi connectivity index (χ1n) is 6.23. The van der Waals surface area contributed by atoms with Crippen molar-refractivity contribution < 1.29 is 8.42 Å². The molecule has 1 aromatic rings. The summed E-state index contributed by atoms with van der Waals surface area (Å²) in [5.41, 5.74) is 0. The third-order valence-corrected chi connectivity index (χ3v) is 5.43. The summed E-state index contributed by atoms with van der Waals surface area (Å²) in [5, 5.41) is 5.16. The van der Waals surface area contributed by atoms with Crippen molar-refractivity contribution in [2.24, 2.45) is 0 Å². The van der Waals surface area contributed by atoms with Gasteiger partial charge in [-0.25, -0.2) is 8.42 Å². The fraction of sp³-hybridized carbons (Fsp3) is 0.667. The van der Waals surface area contributed by atoms with Gasteiger partial charge in [-0.15, -0.1) is 11.3 Å². The van der Waals surface area contributed by atoms with Crippen LogP contribution in [0, 0.1) is 0 Å². The van der Waals surface area contributed by atoms with Crippen LogP contribution in [0.2, 0.25) is 0 Å². The zero-order valence-corrected chi connectivity index (χ0v) is 12.7. The molecule has 104 valence electrons. The van der Waals surface area contributed by atoms with E-state index in [2.05, 4.69) is 5.32 Å². The number of nitrogens with one attached hydrogen (secondary N) is 1. The van der Waals surface area contributed by atoms with Crippen LogP contribution < -0.4 is 5.32 Å². The van der Waals surface area contributed by atoms with E-state index >= 15 is 0 Å². The summed E-state index contributed by atoms with van der Waals surface area (Å²) in [6.07, 6.45) is 1.62. The minimum atomic E-state index is -3.11. The molecule has 1 heterocycles. The standard InChI is InChI=1S/C12H22N2O2S2/c1-3-13-8-4-5-10-18(15,16)14(2)11-12-7-6-9-17-12/h6-7,9,13H,3-5,8,10-11H2,1-2H3. The molecule has 0 spiro atoms. The molecule has 0 fully saturated rings. The largest absolute Gasteiger partial charge is 0.317 e. The van der Waals surface area contributed by atoms with Crippen LogP contribution in [0.15, 0.2) is 17.5 Å². The molecule has 0 aliphatic heterocycles. The summed E-state index contributed by atoms with van der Waals surface area (Å²) in [7, 11) is -1.46. The SMILES string of the molecule is CCNCCCCS(=O)(=O)N(C)Cc1cccs1. The average Bonchev–Trinajstić information content (AvgIpc) is 2.81. The molecule has 0 saturated heterocycles. The van der Waals surface area contributed by atoms with Gasteiger partial charge >= 0.3 is 0 Å². The summed E-state index contributed by atoms with van der Waals surface area (Å²) in [4.78, 5) is 1.08. The highest BCUT2D eigenvalue weighted by Gasteiger charge is 2.17. The van der Waals surface area contributed by atoms with E-state index in [9.17, 15) is 8.42 Å². The highest BCUT2D eigenvalue weighted by molar-refractivity contribution is 7.89. The molecular formula is C12H22N2O2S2. The molecule has 0 aromatic carbocycles. The maximum Gasteiger partial charge on any atom is 0.214 e. The minimum absolute atomic E-state index is 0.236. The van der Waals surface area contributed by atoms with Crippen LogP contribution in [0.25, 0.3) is 0 Å². The summed E-state index contributed by atoms with van der Waals surface area (Å²) in [5.74, 6) is 0.236. The van der Waals surface area contributed by atoms with Crippen LogP contribution in [0.3, 0.4) is 0 Å². The maximum atomic E-state index is 12.0. The lowest BCUT2D eigenvalue weighted by molar-refractivity contribution is 0.467. The molecule has 0 bridgehead atoms. The Balaban J connectivity index is 2.33. The van der Waals surface area contributed by atoms with Gasteiger partial charge in [0.1, 0.15) is 0 Å². The Bertz CT molecular complexity index is 415. The van der Waals surface area contributed by atoms with E-state index in [-0.39, 0.29) is 5.75 Å². The zero-order chi connectivity index (χ0) is 13.4. The lowest BCUT2D eigenvalue weighted by Crippen LogP contribution is -2.29. The smallest absolute Gasteiger partial charge is 0.214 e. The van der Waals surface area contributed by atoms with Crippen LogP contribution in [-0.4, -0.2) is 38.6 Å². The highest BCUT2D eigenvalue weighted by Crippen LogP contribution is 2.13. The number of thiophene rings is 1. The molecule has 0 atom stereocenters. The van der Waals surface area contributed by atoms with Crippen LogP contribution in [0.4, 0.5) is 0 Å². The fourth-order valence-electron chi connectivity index (χ4n) is 1.59. The quantitative estimate of drug-likeness (QED) is 0.707. The number of hydrogen-bond acceptors (Lipinski definition) is 4. The van der Waals surface area contributed by atoms with Gasteiger partial charge in [0.2, 0.25) is 10.0 Å². The van der Waals surface area contributed by atoms with Gasteiger partial charge in [-0.2, -0.15) is 4.31 Å². The average molecular weight is 290 g/mol. The first kappa shape index (κ1) is 15.6. The van der Waals surface area contributed by atoms with E-state index in [1.165, 1.54) is 4.31 Å². The first-order valence-corrected chi connectivity index (χ1v) is 8.72. The monoisotopic (exact) mass is 290 g/mol. The third-order valence-electron chi connectivity index (χ3n) is 2.69. The Labute approximate surface area is 114 Å². The van der Waals surface area contributed by atoms with E-state index in [0.717, 1.165) is 24.4 Å². The van der Waals surface area contributed by atoms with Gasteiger partial charge in [0.25, 0.3) is 0 Å². The Morgan fingerprint density at radius 2 is 2.17 bits per heavy atom. The molecule has 0 saturated carbocycles. The first-order chi connectivity index (χ1) is 8.56. The van der Waals surface area contributed by atoms with E-state index < -0.39 is 10.0 Å². The molecule has 0 aliphatic carbocycles. The molecule has 4 nitrogen and oxygen atoms in total. The van der Waals surface area contributed by atoms with Crippen molar-refractivity contribution >= 4 is 21.4 Å². The molecule has 1 N–H and O–H groups in total. The number of hydrogen-bond donors (Lipinski definition) is 1. The summed E-state index contributed by atoms with van der Waals surface area (Å²) in [6.45, 7) is 4.35. The van der Waals surface area contributed by atoms with Gasteiger partial charge in [-0.3, -0.25) is 0 Å². The predicted octanol–water partition coefficient (Wildman–Crippen LogP) is 1.90. The van der Waals surface area contributed by atoms with Crippen LogP contribution >= 0.6 is 11.3 Å². The molecular weight excluding hydrogens is 268 g/mol. The lowest BCUT2D eigenvalue weighted by atomic mass is 10.3. The molecule has 0 unspecified atom stereocenters. The van der Waals surface area contributed by atoms with E-state index in [4.69, 9.17) is 0 Å². The molecule has 0 radical (unpaired) electrons. The van der Waals surface area contributed by atoms with Crippen molar-refractivity contribution in [2.45, 2.75) is 26.3 Å². The van der Waals surface area contributed by atoms with Crippen LogP contribution in [0.5, 0.6) is 0 Å². The van der Waals surface area contributed by atoms with Gasteiger partial charge in [-0.05, 0) is 37.4 Å². The molecule has 6 heteroatoms. The molecule has 18 heavy (non-hydrogen) atoms. The number of sulfonamides is 1. The maximum absolute atomic E-state index is 12.0. The van der Waals surface area contributed by atoms with Crippen molar-refractivity contribution in [1.82, 2.24) is 9.62 Å². The lowest BCUT2D eigenvalue weighted by Gasteiger charge is -2.16.